The van der Waals surface area contributed by atoms with E-state index in [0.717, 1.165) is 22.5 Å². The van der Waals surface area contributed by atoms with Crippen LogP contribution in [0.15, 0.2) is 30.3 Å². The van der Waals surface area contributed by atoms with Gasteiger partial charge in [-0.3, -0.25) is 9.89 Å². The molecule has 1 N–H and O–H groups in total. The fraction of sp³-hybridized carbons (Fsp3) is 0.474. The summed E-state index contributed by atoms with van der Waals surface area (Å²) < 4.78 is 6.04. The molecule has 1 amide bonds. The summed E-state index contributed by atoms with van der Waals surface area (Å²) in [5.74, 6) is -0.0741. The van der Waals surface area contributed by atoms with Crippen LogP contribution in [0, 0.1) is 13.8 Å². The molecule has 24 heavy (non-hydrogen) atoms. The van der Waals surface area contributed by atoms with Crippen molar-refractivity contribution in [3.63, 3.8) is 0 Å². The van der Waals surface area contributed by atoms with Gasteiger partial charge in [-0.2, -0.15) is 5.10 Å². The molecule has 5 nitrogen and oxygen atoms in total. The summed E-state index contributed by atoms with van der Waals surface area (Å²) in [6.45, 7) is 9.66. The molecule has 0 spiro atoms. The first kappa shape index (κ1) is 16.7. The van der Waals surface area contributed by atoms with Crippen molar-refractivity contribution in [2.75, 3.05) is 19.7 Å². The highest BCUT2D eigenvalue weighted by Crippen LogP contribution is 2.31. The lowest BCUT2D eigenvalue weighted by Gasteiger charge is -2.41. The van der Waals surface area contributed by atoms with E-state index in [2.05, 4.69) is 29.3 Å². The Hall–Kier alpha value is -2.14. The molecular weight excluding hydrogens is 302 g/mol. The Morgan fingerprint density at radius 1 is 1.33 bits per heavy atom. The number of hydrogen-bond acceptors (Lipinski definition) is 3. The quantitative estimate of drug-likeness (QED) is 0.943. The van der Waals surface area contributed by atoms with Crippen LogP contribution in [-0.2, 0) is 15.1 Å². The van der Waals surface area contributed by atoms with Crippen LogP contribution in [0.1, 0.15) is 42.3 Å². The average Bonchev–Trinajstić information content (AvgIpc) is 2.93. The van der Waals surface area contributed by atoms with Gasteiger partial charge in [-0.05, 0) is 33.3 Å². The molecule has 1 aromatic heterocycles. The normalized spacial score (nSPS) is 22.4. The van der Waals surface area contributed by atoms with Gasteiger partial charge in [0.05, 0.1) is 24.8 Å². The number of carbonyl (C=O) groups excluding carboxylic acids is 1. The molecule has 0 radical (unpaired) electrons. The Morgan fingerprint density at radius 3 is 2.67 bits per heavy atom. The van der Waals surface area contributed by atoms with Crippen LogP contribution >= 0.6 is 0 Å². The van der Waals surface area contributed by atoms with Crippen molar-refractivity contribution in [3.05, 3.63) is 52.8 Å². The zero-order valence-electron chi connectivity index (χ0n) is 14.8. The Labute approximate surface area is 143 Å². The number of aromatic nitrogens is 2. The van der Waals surface area contributed by atoms with E-state index in [1.54, 1.807) is 0 Å². The highest BCUT2D eigenvalue weighted by atomic mass is 16.5. The zero-order chi connectivity index (χ0) is 17.3. The minimum Gasteiger partial charge on any atom is -0.367 e. The summed E-state index contributed by atoms with van der Waals surface area (Å²) in [7, 11) is 0. The lowest BCUT2D eigenvalue weighted by atomic mass is 9.92. The van der Waals surface area contributed by atoms with Gasteiger partial charge >= 0.3 is 0 Å². The number of nitrogens with zero attached hydrogens (tertiary/aromatic N) is 2. The van der Waals surface area contributed by atoms with Crippen LogP contribution in [0.4, 0.5) is 0 Å². The molecule has 2 heterocycles. The number of aryl methyl sites for hydroxylation is 2. The molecule has 0 bridgehead atoms. The molecule has 2 atom stereocenters. The van der Waals surface area contributed by atoms with E-state index in [-0.39, 0.29) is 11.8 Å². The second kappa shape index (κ2) is 6.40. The van der Waals surface area contributed by atoms with Crippen molar-refractivity contribution in [1.29, 1.82) is 0 Å². The summed E-state index contributed by atoms with van der Waals surface area (Å²) in [5.41, 5.74) is 3.51. The first-order chi connectivity index (χ1) is 11.4. The average molecular weight is 327 g/mol. The smallest absolute Gasteiger partial charge is 0.230 e. The SMILES string of the molecule is Cc1n[nH]c(C)c1C(C)C(=O)N1CCOC(C)(c2ccccc2)C1. The Balaban J connectivity index is 1.81. The van der Waals surface area contributed by atoms with Crippen molar-refractivity contribution >= 4 is 5.91 Å². The first-order valence-corrected chi connectivity index (χ1v) is 8.42. The molecule has 128 valence electrons. The summed E-state index contributed by atoms with van der Waals surface area (Å²) in [5, 5.41) is 7.19. The number of hydrogen-bond donors (Lipinski definition) is 1. The summed E-state index contributed by atoms with van der Waals surface area (Å²) in [6, 6.07) is 10.1. The molecule has 1 aromatic carbocycles. The van der Waals surface area contributed by atoms with Gasteiger partial charge in [-0.15, -0.1) is 0 Å². The summed E-state index contributed by atoms with van der Waals surface area (Å²) in [6.07, 6.45) is 0. The molecular formula is C19H25N3O2. The molecule has 1 saturated heterocycles. The van der Waals surface area contributed by atoms with Gasteiger partial charge in [-0.25, -0.2) is 0 Å². The third-order valence-corrected chi connectivity index (χ3v) is 4.96. The van der Waals surface area contributed by atoms with E-state index in [1.165, 1.54) is 0 Å². The number of amides is 1. The Morgan fingerprint density at radius 2 is 2.04 bits per heavy atom. The minimum absolute atomic E-state index is 0.132. The number of rotatable bonds is 3. The number of benzene rings is 1. The highest BCUT2D eigenvalue weighted by Gasteiger charge is 2.37. The number of carbonyl (C=O) groups is 1. The predicted molar refractivity (Wildman–Crippen MR) is 92.8 cm³/mol. The van der Waals surface area contributed by atoms with Crippen molar-refractivity contribution in [1.82, 2.24) is 15.1 Å². The third-order valence-electron chi connectivity index (χ3n) is 4.96. The standard InChI is InChI=1S/C19H25N3O2/c1-13(17-14(2)20-21-15(17)3)18(23)22-10-11-24-19(4,12-22)16-8-6-5-7-9-16/h5-9,13H,10-12H2,1-4H3,(H,20,21). The third kappa shape index (κ3) is 2.96. The number of ether oxygens (including phenoxy) is 1. The van der Waals surface area contributed by atoms with Crippen LogP contribution in [0.25, 0.3) is 0 Å². The molecule has 1 aliphatic heterocycles. The molecule has 3 rings (SSSR count). The van der Waals surface area contributed by atoms with Gasteiger partial charge in [0.15, 0.2) is 0 Å². The van der Waals surface area contributed by atoms with Gasteiger partial charge in [0.25, 0.3) is 0 Å². The van der Waals surface area contributed by atoms with E-state index in [0.29, 0.717) is 19.7 Å². The molecule has 2 unspecified atom stereocenters. The molecule has 0 aliphatic carbocycles. The summed E-state index contributed by atoms with van der Waals surface area (Å²) >= 11 is 0. The molecule has 5 heteroatoms. The van der Waals surface area contributed by atoms with Gasteiger partial charge in [-0.1, -0.05) is 30.3 Å². The van der Waals surface area contributed by atoms with Crippen molar-refractivity contribution in [2.24, 2.45) is 0 Å². The molecule has 0 saturated carbocycles. The fourth-order valence-electron chi connectivity index (χ4n) is 3.62. The zero-order valence-corrected chi connectivity index (χ0v) is 14.8. The highest BCUT2D eigenvalue weighted by molar-refractivity contribution is 5.84. The van der Waals surface area contributed by atoms with Gasteiger partial charge in [0.2, 0.25) is 5.91 Å². The number of H-pyrrole nitrogens is 1. The van der Waals surface area contributed by atoms with Crippen molar-refractivity contribution in [2.45, 2.75) is 39.2 Å². The number of nitrogens with one attached hydrogen (secondary N) is 1. The number of morpholine rings is 1. The molecule has 1 fully saturated rings. The van der Waals surface area contributed by atoms with Gasteiger partial charge in [0.1, 0.15) is 5.60 Å². The first-order valence-electron chi connectivity index (χ1n) is 8.42. The topological polar surface area (TPSA) is 58.2 Å². The van der Waals surface area contributed by atoms with E-state index < -0.39 is 5.60 Å². The maximum atomic E-state index is 13.0. The fourth-order valence-corrected chi connectivity index (χ4v) is 3.62. The van der Waals surface area contributed by atoms with Crippen molar-refractivity contribution in [3.8, 4) is 0 Å². The van der Waals surface area contributed by atoms with Crippen LogP contribution < -0.4 is 0 Å². The van der Waals surface area contributed by atoms with Crippen molar-refractivity contribution < 1.29 is 9.53 Å². The Bertz CT molecular complexity index is 706. The van der Waals surface area contributed by atoms with Crippen LogP contribution in [0.5, 0.6) is 0 Å². The predicted octanol–water partition coefficient (Wildman–Crippen LogP) is 2.90. The van der Waals surface area contributed by atoms with Crippen LogP contribution in [0.3, 0.4) is 0 Å². The monoisotopic (exact) mass is 327 g/mol. The van der Waals surface area contributed by atoms with Gasteiger partial charge in [0, 0.05) is 17.8 Å². The van der Waals surface area contributed by atoms with E-state index in [1.807, 2.05) is 43.9 Å². The number of aromatic amines is 1. The van der Waals surface area contributed by atoms with Crippen LogP contribution in [-0.4, -0.2) is 40.7 Å². The van der Waals surface area contributed by atoms with E-state index in [4.69, 9.17) is 4.74 Å². The summed E-state index contributed by atoms with van der Waals surface area (Å²) in [4.78, 5) is 15.0. The minimum atomic E-state index is -0.463. The lowest BCUT2D eigenvalue weighted by molar-refractivity contribution is -0.150. The molecule has 2 aromatic rings. The largest absolute Gasteiger partial charge is 0.367 e. The maximum absolute atomic E-state index is 13.0. The second-order valence-electron chi connectivity index (χ2n) is 6.77. The van der Waals surface area contributed by atoms with Crippen LogP contribution in [0.2, 0.25) is 0 Å². The molecule has 1 aliphatic rings. The second-order valence-corrected chi connectivity index (χ2v) is 6.77. The maximum Gasteiger partial charge on any atom is 0.230 e. The Kier molecular flexibility index (Phi) is 4.45. The van der Waals surface area contributed by atoms with E-state index in [9.17, 15) is 4.79 Å². The lowest BCUT2D eigenvalue weighted by Crippen LogP contribution is -2.51. The van der Waals surface area contributed by atoms with E-state index >= 15 is 0 Å². The van der Waals surface area contributed by atoms with Gasteiger partial charge < -0.3 is 9.64 Å².